The molecule has 13 heavy (non-hydrogen) atoms. The molecule has 0 saturated heterocycles. The fraction of sp³-hybridized carbons (Fsp3) is 0.125. The van der Waals surface area contributed by atoms with Crippen LogP contribution in [-0.4, -0.2) is 13.1 Å². The Hall–Kier alpha value is -1.10. The first-order valence-electron chi connectivity index (χ1n) is 3.39. The van der Waals surface area contributed by atoms with Gasteiger partial charge in [-0.2, -0.15) is 0 Å². The molecule has 0 fully saturated rings. The van der Waals surface area contributed by atoms with Gasteiger partial charge in [-0.25, -0.2) is 9.18 Å². The standard InChI is InChI=1S/C8H7BrFNO2/c1-13-8(12)4-2-5(9)7(11)3-6(4)10/h2-3H,11H2,1H3. The molecule has 0 saturated carbocycles. The van der Waals surface area contributed by atoms with Gasteiger partial charge >= 0.3 is 5.97 Å². The number of carbonyl (C=O) groups is 1. The van der Waals surface area contributed by atoms with Crippen molar-refractivity contribution in [3.8, 4) is 0 Å². The van der Waals surface area contributed by atoms with E-state index in [2.05, 4.69) is 20.7 Å². The summed E-state index contributed by atoms with van der Waals surface area (Å²) in [5.74, 6) is -1.41. The van der Waals surface area contributed by atoms with Crippen molar-refractivity contribution in [3.63, 3.8) is 0 Å². The lowest BCUT2D eigenvalue weighted by Crippen LogP contribution is -2.05. The average Bonchev–Trinajstić information content (AvgIpc) is 2.10. The molecule has 0 radical (unpaired) electrons. The lowest BCUT2D eigenvalue weighted by molar-refractivity contribution is 0.0595. The van der Waals surface area contributed by atoms with E-state index in [-0.39, 0.29) is 11.3 Å². The van der Waals surface area contributed by atoms with Crippen LogP contribution in [0.4, 0.5) is 10.1 Å². The van der Waals surface area contributed by atoms with Crippen molar-refractivity contribution < 1.29 is 13.9 Å². The van der Waals surface area contributed by atoms with E-state index in [0.717, 1.165) is 6.07 Å². The summed E-state index contributed by atoms with van der Waals surface area (Å²) in [5.41, 5.74) is 5.50. The zero-order valence-corrected chi connectivity index (χ0v) is 8.39. The highest BCUT2D eigenvalue weighted by Crippen LogP contribution is 2.23. The minimum absolute atomic E-state index is 0.136. The van der Waals surface area contributed by atoms with E-state index in [1.807, 2.05) is 0 Å². The summed E-state index contributed by atoms with van der Waals surface area (Å²) < 4.78 is 17.9. The highest BCUT2D eigenvalue weighted by Gasteiger charge is 2.13. The molecule has 0 aliphatic rings. The highest BCUT2D eigenvalue weighted by atomic mass is 79.9. The van der Waals surface area contributed by atoms with Gasteiger partial charge in [-0.1, -0.05) is 0 Å². The largest absolute Gasteiger partial charge is 0.465 e. The van der Waals surface area contributed by atoms with Gasteiger partial charge in [0.2, 0.25) is 0 Å². The third kappa shape index (κ3) is 1.98. The molecule has 1 rings (SSSR count). The number of ether oxygens (including phenoxy) is 1. The SMILES string of the molecule is COC(=O)c1cc(Br)c(N)cc1F. The number of hydrogen-bond donors (Lipinski definition) is 1. The van der Waals surface area contributed by atoms with Crippen molar-refractivity contribution in [1.82, 2.24) is 0 Å². The van der Waals surface area contributed by atoms with Crippen LogP contribution < -0.4 is 5.73 Å². The van der Waals surface area contributed by atoms with Crippen LogP contribution in [0.3, 0.4) is 0 Å². The number of nitrogen functional groups attached to an aromatic ring is 1. The van der Waals surface area contributed by atoms with Crippen LogP contribution in [0, 0.1) is 5.82 Å². The minimum atomic E-state index is -0.724. The first-order valence-corrected chi connectivity index (χ1v) is 4.18. The Bertz CT molecular complexity index is 354. The molecule has 0 amide bonds. The molecular weight excluding hydrogens is 241 g/mol. The van der Waals surface area contributed by atoms with Crippen LogP contribution in [0.1, 0.15) is 10.4 Å². The summed E-state index contributed by atoms with van der Waals surface area (Å²) >= 11 is 3.08. The molecule has 0 spiro atoms. The smallest absolute Gasteiger partial charge is 0.340 e. The molecule has 1 aromatic rings. The van der Waals surface area contributed by atoms with Gasteiger partial charge < -0.3 is 10.5 Å². The topological polar surface area (TPSA) is 52.3 Å². The van der Waals surface area contributed by atoms with Crippen molar-refractivity contribution in [3.05, 3.63) is 28.0 Å². The average molecular weight is 248 g/mol. The number of halogens is 2. The Morgan fingerprint density at radius 2 is 2.23 bits per heavy atom. The molecular formula is C8H7BrFNO2. The molecule has 0 aliphatic heterocycles. The number of methoxy groups -OCH3 is 1. The van der Waals surface area contributed by atoms with E-state index in [0.29, 0.717) is 4.47 Å². The molecule has 0 heterocycles. The second-order valence-corrected chi connectivity index (χ2v) is 3.20. The molecule has 70 valence electrons. The second kappa shape index (κ2) is 3.74. The van der Waals surface area contributed by atoms with Crippen molar-refractivity contribution in [2.45, 2.75) is 0 Å². The third-order valence-electron chi connectivity index (χ3n) is 1.49. The first kappa shape index (κ1) is 9.98. The Kier molecular flexibility index (Phi) is 2.87. The summed E-state index contributed by atoms with van der Waals surface area (Å²) in [6.45, 7) is 0. The number of esters is 1. The zero-order valence-electron chi connectivity index (χ0n) is 6.80. The quantitative estimate of drug-likeness (QED) is 0.610. The fourth-order valence-electron chi connectivity index (χ4n) is 0.829. The van der Waals surface area contributed by atoms with Gasteiger partial charge in [0.15, 0.2) is 0 Å². The number of nitrogens with two attached hydrogens (primary N) is 1. The summed E-state index contributed by atoms with van der Waals surface area (Å²) in [6.07, 6.45) is 0. The van der Waals surface area contributed by atoms with Crippen LogP contribution in [0.5, 0.6) is 0 Å². The van der Waals surface area contributed by atoms with E-state index < -0.39 is 11.8 Å². The summed E-state index contributed by atoms with van der Waals surface area (Å²) in [7, 11) is 1.19. The van der Waals surface area contributed by atoms with Crippen LogP contribution in [0.2, 0.25) is 0 Å². The Balaban J connectivity index is 3.23. The zero-order chi connectivity index (χ0) is 10.0. The van der Waals surface area contributed by atoms with Gasteiger partial charge in [-0.3, -0.25) is 0 Å². The molecule has 0 bridgehead atoms. The highest BCUT2D eigenvalue weighted by molar-refractivity contribution is 9.10. The van der Waals surface area contributed by atoms with Gasteiger partial charge in [0, 0.05) is 10.2 Å². The van der Waals surface area contributed by atoms with Gasteiger partial charge in [0.25, 0.3) is 0 Å². The fourth-order valence-corrected chi connectivity index (χ4v) is 1.17. The van der Waals surface area contributed by atoms with Gasteiger partial charge in [-0.15, -0.1) is 0 Å². The summed E-state index contributed by atoms with van der Waals surface area (Å²) in [5, 5.41) is 0. The third-order valence-corrected chi connectivity index (χ3v) is 2.18. The maximum Gasteiger partial charge on any atom is 0.340 e. The van der Waals surface area contributed by atoms with Gasteiger partial charge in [0.05, 0.1) is 12.7 Å². The molecule has 0 aromatic heterocycles. The maximum atomic E-state index is 13.1. The number of hydrogen-bond acceptors (Lipinski definition) is 3. The van der Waals surface area contributed by atoms with E-state index in [1.165, 1.54) is 13.2 Å². The van der Waals surface area contributed by atoms with Gasteiger partial charge in [0.1, 0.15) is 5.82 Å². The Morgan fingerprint density at radius 3 is 2.77 bits per heavy atom. The predicted octanol–water partition coefficient (Wildman–Crippen LogP) is 1.96. The van der Waals surface area contributed by atoms with Crippen LogP contribution >= 0.6 is 15.9 Å². The molecule has 3 nitrogen and oxygen atoms in total. The molecule has 1 aromatic carbocycles. The van der Waals surface area contributed by atoms with E-state index in [1.54, 1.807) is 0 Å². The first-order chi connectivity index (χ1) is 6.06. The van der Waals surface area contributed by atoms with Crippen LogP contribution in [0.15, 0.2) is 16.6 Å². The minimum Gasteiger partial charge on any atom is -0.465 e. The molecule has 2 N–H and O–H groups in total. The molecule has 0 atom stereocenters. The Morgan fingerprint density at radius 1 is 1.62 bits per heavy atom. The maximum absolute atomic E-state index is 13.1. The van der Waals surface area contributed by atoms with E-state index in [4.69, 9.17) is 5.73 Å². The van der Waals surface area contributed by atoms with Crippen LogP contribution in [-0.2, 0) is 4.74 Å². The van der Waals surface area contributed by atoms with Crippen molar-refractivity contribution in [2.75, 3.05) is 12.8 Å². The number of carbonyl (C=O) groups excluding carboxylic acids is 1. The van der Waals surface area contributed by atoms with E-state index in [9.17, 15) is 9.18 Å². The molecule has 0 unspecified atom stereocenters. The normalized spacial score (nSPS) is 9.77. The lowest BCUT2D eigenvalue weighted by Gasteiger charge is -2.03. The summed E-state index contributed by atoms with van der Waals surface area (Å²) in [4.78, 5) is 11.0. The van der Waals surface area contributed by atoms with Crippen molar-refractivity contribution in [1.29, 1.82) is 0 Å². The lowest BCUT2D eigenvalue weighted by atomic mass is 10.2. The number of rotatable bonds is 1. The second-order valence-electron chi connectivity index (χ2n) is 2.35. The van der Waals surface area contributed by atoms with Crippen molar-refractivity contribution >= 4 is 27.6 Å². The molecule has 0 aliphatic carbocycles. The molecule has 5 heteroatoms. The Labute approximate surface area is 82.8 Å². The monoisotopic (exact) mass is 247 g/mol. The number of anilines is 1. The van der Waals surface area contributed by atoms with Crippen LogP contribution in [0.25, 0.3) is 0 Å². The van der Waals surface area contributed by atoms with E-state index >= 15 is 0 Å². The van der Waals surface area contributed by atoms with Gasteiger partial charge in [-0.05, 0) is 28.1 Å². The number of benzene rings is 1. The predicted molar refractivity (Wildman–Crippen MR) is 49.9 cm³/mol. The summed E-state index contributed by atoms with van der Waals surface area (Å²) in [6, 6.07) is 2.35. The van der Waals surface area contributed by atoms with Crippen molar-refractivity contribution in [2.24, 2.45) is 0 Å².